The van der Waals surface area contributed by atoms with Crippen LogP contribution in [-0.4, -0.2) is 19.7 Å². The van der Waals surface area contributed by atoms with Crippen LogP contribution in [0.25, 0.3) is 22.8 Å². The summed E-state index contributed by atoms with van der Waals surface area (Å²) in [6, 6.07) is 10.1. The molecule has 5 nitrogen and oxygen atoms in total. The Kier molecular flexibility index (Phi) is 2.59. The molecule has 3 N–H and O–H groups in total. The van der Waals surface area contributed by atoms with Crippen molar-refractivity contribution in [3.8, 4) is 22.8 Å². The Balaban J connectivity index is 2.07. The van der Waals surface area contributed by atoms with Crippen molar-refractivity contribution in [1.29, 1.82) is 0 Å². The zero-order valence-corrected chi connectivity index (χ0v) is 10.9. The van der Waals surface area contributed by atoms with Crippen molar-refractivity contribution >= 4 is 5.69 Å². The van der Waals surface area contributed by atoms with Crippen LogP contribution >= 0.6 is 0 Å². The number of nitrogens with one attached hydrogen (secondary N) is 1. The lowest BCUT2D eigenvalue weighted by atomic mass is 10.2. The Morgan fingerprint density at radius 2 is 1.95 bits per heavy atom. The van der Waals surface area contributed by atoms with Gasteiger partial charge in [-0.05, 0) is 12.5 Å². The molecule has 0 fully saturated rings. The van der Waals surface area contributed by atoms with Gasteiger partial charge in [-0.25, -0.2) is 4.98 Å². The number of nitrogens with zero attached hydrogens (tertiary/aromatic N) is 3. The van der Waals surface area contributed by atoms with Gasteiger partial charge in [-0.1, -0.05) is 30.3 Å². The Morgan fingerprint density at radius 1 is 1.21 bits per heavy atom. The molecule has 0 bridgehead atoms. The molecule has 0 aliphatic carbocycles. The van der Waals surface area contributed by atoms with E-state index in [9.17, 15) is 0 Å². The van der Waals surface area contributed by atoms with Crippen molar-refractivity contribution in [3.05, 3.63) is 42.2 Å². The number of hydrogen-bond donors (Lipinski definition) is 2. The number of aromatic amines is 1. The third-order valence-electron chi connectivity index (χ3n) is 3.15. The number of benzene rings is 1. The molecule has 3 rings (SSSR count). The number of H-pyrrole nitrogens is 1. The summed E-state index contributed by atoms with van der Waals surface area (Å²) in [5.41, 5.74) is 10.4. The highest BCUT2D eigenvalue weighted by atomic mass is 15.3. The van der Waals surface area contributed by atoms with E-state index in [0.29, 0.717) is 5.69 Å². The monoisotopic (exact) mass is 253 g/mol. The number of rotatable bonds is 2. The van der Waals surface area contributed by atoms with Crippen molar-refractivity contribution in [3.63, 3.8) is 0 Å². The van der Waals surface area contributed by atoms with E-state index in [2.05, 4.69) is 15.1 Å². The summed E-state index contributed by atoms with van der Waals surface area (Å²) in [4.78, 5) is 7.69. The fraction of sp³-hybridized carbons (Fsp3) is 0.143. The van der Waals surface area contributed by atoms with Gasteiger partial charge in [0.05, 0.1) is 23.3 Å². The number of aromatic nitrogens is 4. The minimum absolute atomic E-state index is 0.663. The molecule has 3 aromatic rings. The van der Waals surface area contributed by atoms with Crippen LogP contribution in [0.4, 0.5) is 5.69 Å². The second kappa shape index (κ2) is 4.28. The second-order valence-electron chi connectivity index (χ2n) is 4.48. The quantitative estimate of drug-likeness (QED) is 0.736. The Labute approximate surface area is 111 Å². The van der Waals surface area contributed by atoms with Crippen molar-refractivity contribution < 1.29 is 0 Å². The highest BCUT2D eigenvalue weighted by Crippen LogP contribution is 2.27. The summed E-state index contributed by atoms with van der Waals surface area (Å²) < 4.78 is 1.75. The number of nitrogens with two attached hydrogens (primary N) is 1. The molecule has 1 aromatic carbocycles. The molecule has 19 heavy (non-hydrogen) atoms. The first-order chi connectivity index (χ1) is 9.16. The predicted molar refractivity (Wildman–Crippen MR) is 75.4 cm³/mol. The van der Waals surface area contributed by atoms with Gasteiger partial charge in [0.25, 0.3) is 0 Å². The number of imidazole rings is 1. The molecule has 0 aliphatic heterocycles. The molecule has 2 aromatic heterocycles. The highest BCUT2D eigenvalue weighted by molar-refractivity contribution is 5.72. The van der Waals surface area contributed by atoms with Crippen LogP contribution in [0.15, 0.2) is 36.5 Å². The Morgan fingerprint density at radius 3 is 2.58 bits per heavy atom. The maximum Gasteiger partial charge on any atom is 0.158 e. The van der Waals surface area contributed by atoms with Gasteiger partial charge in [-0.2, -0.15) is 5.10 Å². The van der Waals surface area contributed by atoms with E-state index >= 15 is 0 Å². The normalized spacial score (nSPS) is 10.8. The maximum absolute atomic E-state index is 6.04. The molecule has 96 valence electrons. The van der Waals surface area contributed by atoms with Gasteiger partial charge >= 0.3 is 0 Å². The van der Waals surface area contributed by atoms with E-state index in [4.69, 9.17) is 5.73 Å². The van der Waals surface area contributed by atoms with Crippen LogP contribution in [0.5, 0.6) is 0 Å². The van der Waals surface area contributed by atoms with Crippen LogP contribution in [0.2, 0.25) is 0 Å². The average Bonchev–Trinajstić information content (AvgIpc) is 2.97. The maximum atomic E-state index is 6.04. The molecule has 0 unspecified atom stereocenters. The first-order valence-electron chi connectivity index (χ1n) is 6.06. The van der Waals surface area contributed by atoms with E-state index in [0.717, 1.165) is 28.5 Å². The SMILES string of the molecule is Cc1nn(C)c(-c2ncc(-c3ccccc3)[nH]2)c1N. The molecule has 0 saturated heterocycles. The Hall–Kier alpha value is -2.56. The third-order valence-corrected chi connectivity index (χ3v) is 3.15. The molecule has 5 heteroatoms. The van der Waals surface area contributed by atoms with Crippen LogP contribution < -0.4 is 5.73 Å². The molecular weight excluding hydrogens is 238 g/mol. The number of hydrogen-bond acceptors (Lipinski definition) is 3. The summed E-state index contributed by atoms with van der Waals surface area (Å²) in [6.45, 7) is 1.89. The molecular formula is C14H15N5. The summed E-state index contributed by atoms with van der Waals surface area (Å²) in [7, 11) is 1.86. The minimum atomic E-state index is 0.663. The first-order valence-corrected chi connectivity index (χ1v) is 6.06. The fourth-order valence-corrected chi connectivity index (χ4v) is 2.16. The van der Waals surface area contributed by atoms with Crippen molar-refractivity contribution in [2.24, 2.45) is 7.05 Å². The van der Waals surface area contributed by atoms with E-state index in [-0.39, 0.29) is 0 Å². The molecule has 2 heterocycles. The zero-order valence-electron chi connectivity index (χ0n) is 10.9. The molecule has 0 aliphatic rings. The lowest BCUT2D eigenvalue weighted by Crippen LogP contribution is -1.97. The summed E-state index contributed by atoms with van der Waals surface area (Å²) in [5.74, 6) is 0.736. The standard InChI is InChI=1S/C14H15N5/c1-9-12(15)13(19(2)18-9)14-16-8-11(17-14)10-6-4-3-5-7-10/h3-8H,15H2,1-2H3,(H,16,17). The smallest absolute Gasteiger partial charge is 0.158 e. The van der Waals surface area contributed by atoms with Gasteiger partial charge in [0.1, 0.15) is 5.69 Å². The fourth-order valence-electron chi connectivity index (χ4n) is 2.16. The Bertz CT molecular complexity index is 709. The number of aryl methyl sites for hydroxylation is 2. The number of nitrogen functional groups attached to an aromatic ring is 1. The van der Waals surface area contributed by atoms with E-state index in [1.54, 1.807) is 4.68 Å². The number of anilines is 1. The molecule has 0 saturated carbocycles. The summed E-state index contributed by atoms with van der Waals surface area (Å²) in [6.07, 6.45) is 1.81. The van der Waals surface area contributed by atoms with Crippen LogP contribution in [0.1, 0.15) is 5.69 Å². The van der Waals surface area contributed by atoms with Gasteiger partial charge in [0.2, 0.25) is 0 Å². The lowest BCUT2D eigenvalue weighted by Gasteiger charge is -2.00. The second-order valence-corrected chi connectivity index (χ2v) is 4.48. The van der Waals surface area contributed by atoms with E-state index < -0.39 is 0 Å². The highest BCUT2D eigenvalue weighted by Gasteiger charge is 2.15. The summed E-state index contributed by atoms with van der Waals surface area (Å²) in [5, 5.41) is 4.30. The largest absolute Gasteiger partial charge is 0.395 e. The third kappa shape index (κ3) is 1.89. The van der Waals surface area contributed by atoms with E-state index in [1.807, 2.05) is 50.5 Å². The summed E-state index contributed by atoms with van der Waals surface area (Å²) >= 11 is 0. The first kappa shape index (κ1) is 11.5. The van der Waals surface area contributed by atoms with Gasteiger partial charge in [0, 0.05) is 7.05 Å². The molecule has 0 amide bonds. The molecule has 0 atom stereocenters. The average molecular weight is 253 g/mol. The van der Waals surface area contributed by atoms with Crippen molar-refractivity contribution in [1.82, 2.24) is 19.7 Å². The minimum Gasteiger partial charge on any atom is -0.395 e. The van der Waals surface area contributed by atoms with E-state index in [1.165, 1.54) is 0 Å². The zero-order chi connectivity index (χ0) is 13.4. The van der Waals surface area contributed by atoms with Gasteiger partial charge in [-0.15, -0.1) is 0 Å². The van der Waals surface area contributed by atoms with Crippen LogP contribution in [0, 0.1) is 6.92 Å². The van der Waals surface area contributed by atoms with Crippen LogP contribution in [-0.2, 0) is 7.05 Å². The lowest BCUT2D eigenvalue weighted by molar-refractivity contribution is 0.760. The molecule has 0 spiro atoms. The van der Waals surface area contributed by atoms with Gasteiger partial charge in [-0.3, -0.25) is 4.68 Å². The van der Waals surface area contributed by atoms with Gasteiger partial charge < -0.3 is 10.7 Å². The van der Waals surface area contributed by atoms with Crippen molar-refractivity contribution in [2.75, 3.05) is 5.73 Å². The predicted octanol–water partition coefficient (Wildman–Crippen LogP) is 2.37. The topological polar surface area (TPSA) is 72.5 Å². The molecule has 0 radical (unpaired) electrons. The van der Waals surface area contributed by atoms with Gasteiger partial charge in [0.15, 0.2) is 5.82 Å². The van der Waals surface area contributed by atoms with Crippen molar-refractivity contribution in [2.45, 2.75) is 6.92 Å². The van der Waals surface area contributed by atoms with Crippen LogP contribution in [0.3, 0.4) is 0 Å².